The van der Waals surface area contributed by atoms with Crippen molar-refractivity contribution in [2.75, 3.05) is 5.32 Å². The Bertz CT molecular complexity index is 1100. The number of aromatic nitrogens is 2. The smallest absolute Gasteiger partial charge is 0.230 e. The van der Waals surface area contributed by atoms with Crippen molar-refractivity contribution in [3.8, 4) is 11.3 Å². The molecule has 0 unspecified atom stereocenters. The number of hydrogen-bond acceptors (Lipinski definition) is 3. The summed E-state index contributed by atoms with van der Waals surface area (Å²) in [6.07, 6.45) is 3.23. The Morgan fingerprint density at radius 3 is 2.78 bits per heavy atom. The number of benzene rings is 2. The maximum Gasteiger partial charge on any atom is 0.230 e. The predicted molar refractivity (Wildman–Crippen MR) is 112 cm³/mol. The Morgan fingerprint density at radius 2 is 2.04 bits per heavy atom. The number of carbonyl (C=O) groups is 1. The van der Waals surface area contributed by atoms with Crippen molar-refractivity contribution in [3.63, 3.8) is 0 Å². The number of thiazole rings is 1. The maximum atomic E-state index is 12.4. The second-order valence-electron chi connectivity index (χ2n) is 6.29. The van der Waals surface area contributed by atoms with Crippen LogP contribution in [0.2, 0.25) is 5.02 Å². The van der Waals surface area contributed by atoms with Crippen molar-refractivity contribution >= 4 is 39.5 Å². The van der Waals surface area contributed by atoms with Gasteiger partial charge in [0.1, 0.15) is 0 Å². The topological polar surface area (TPSA) is 46.4 Å². The van der Waals surface area contributed by atoms with Crippen LogP contribution in [0, 0.1) is 0 Å². The maximum absolute atomic E-state index is 12.4. The van der Waals surface area contributed by atoms with Crippen LogP contribution in [0.5, 0.6) is 0 Å². The minimum atomic E-state index is -0.0445. The summed E-state index contributed by atoms with van der Waals surface area (Å²) in [5.74, 6) is -0.0445. The summed E-state index contributed by atoms with van der Waals surface area (Å²) < 4.78 is 1.97. The molecule has 0 atom stereocenters. The fraction of sp³-hybridized carbons (Fsp3) is 0.143. The zero-order chi connectivity index (χ0) is 18.8. The van der Waals surface area contributed by atoms with Gasteiger partial charge in [-0.05, 0) is 36.2 Å². The van der Waals surface area contributed by atoms with E-state index in [-0.39, 0.29) is 5.91 Å². The van der Waals surface area contributed by atoms with E-state index < -0.39 is 0 Å². The van der Waals surface area contributed by atoms with E-state index in [4.69, 9.17) is 11.6 Å². The molecular formula is C21H18ClN3OS. The summed E-state index contributed by atoms with van der Waals surface area (Å²) >= 11 is 7.60. The SMILES string of the molecule is CCc1ccc(NC(=O)Cc2csc3nc(-c4cccc(Cl)c4)cn23)cc1. The van der Waals surface area contributed by atoms with Gasteiger partial charge in [0.25, 0.3) is 0 Å². The normalized spacial score (nSPS) is 11.0. The van der Waals surface area contributed by atoms with Crippen molar-refractivity contribution in [2.45, 2.75) is 19.8 Å². The fourth-order valence-corrected chi connectivity index (χ4v) is 4.00. The zero-order valence-corrected chi connectivity index (χ0v) is 16.3. The van der Waals surface area contributed by atoms with Crippen LogP contribution in [0.1, 0.15) is 18.2 Å². The molecule has 0 spiro atoms. The van der Waals surface area contributed by atoms with E-state index in [1.54, 1.807) is 0 Å². The first-order valence-corrected chi connectivity index (χ1v) is 9.98. The van der Waals surface area contributed by atoms with Crippen LogP contribution in [0.3, 0.4) is 0 Å². The van der Waals surface area contributed by atoms with Gasteiger partial charge in [0.2, 0.25) is 5.91 Å². The molecule has 27 heavy (non-hydrogen) atoms. The van der Waals surface area contributed by atoms with Gasteiger partial charge in [0, 0.05) is 33.5 Å². The largest absolute Gasteiger partial charge is 0.326 e. The van der Waals surface area contributed by atoms with E-state index in [0.717, 1.165) is 34.0 Å². The van der Waals surface area contributed by atoms with Gasteiger partial charge >= 0.3 is 0 Å². The lowest BCUT2D eigenvalue weighted by Crippen LogP contribution is -2.15. The highest BCUT2D eigenvalue weighted by Gasteiger charge is 2.13. The average molecular weight is 396 g/mol. The van der Waals surface area contributed by atoms with Gasteiger partial charge in [0.05, 0.1) is 12.1 Å². The molecule has 4 nitrogen and oxygen atoms in total. The van der Waals surface area contributed by atoms with Gasteiger partial charge in [-0.2, -0.15) is 0 Å². The van der Waals surface area contributed by atoms with Crippen molar-refractivity contribution in [2.24, 2.45) is 0 Å². The van der Waals surface area contributed by atoms with E-state index in [1.807, 2.05) is 64.5 Å². The van der Waals surface area contributed by atoms with Crippen LogP contribution in [0.25, 0.3) is 16.2 Å². The van der Waals surface area contributed by atoms with E-state index in [2.05, 4.69) is 17.2 Å². The number of amides is 1. The number of nitrogens with one attached hydrogen (secondary N) is 1. The van der Waals surface area contributed by atoms with Crippen molar-refractivity contribution in [1.29, 1.82) is 0 Å². The molecule has 0 saturated heterocycles. The molecule has 0 aliphatic rings. The number of carbonyl (C=O) groups excluding carboxylic acids is 1. The lowest BCUT2D eigenvalue weighted by molar-refractivity contribution is -0.115. The number of nitrogens with zero attached hydrogens (tertiary/aromatic N) is 2. The first kappa shape index (κ1) is 17.8. The van der Waals surface area contributed by atoms with Crippen molar-refractivity contribution in [3.05, 3.63) is 76.4 Å². The van der Waals surface area contributed by atoms with Gasteiger partial charge in [0.15, 0.2) is 4.96 Å². The first-order valence-electron chi connectivity index (χ1n) is 8.72. The molecule has 0 radical (unpaired) electrons. The molecule has 2 heterocycles. The second kappa shape index (κ2) is 7.55. The predicted octanol–water partition coefficient (Wildman–Crippen LogP) is 5.46. The second-order valence-corrected chi connectivity index (χ2v) is 7.56. The van der Waals surface area contributed by atoms with Crippen LogP contribution < -0.4 is 5.32 Å². The van der Waals surface area contributed by atoms with Crippen molar-refractivity contribution in [1.82, 2.24) is 9.38 Å². The summed E-state index contributed by atoms with van der Waals surface area (Å²) in [4.78, 5) is 17.9. The summed E-state index contributed by atoms with van der Waals surface area (Å²) in [6, 6.07) is 15.6. The molecule has 0 saturated carbocycles. The standard InChI is InChI=1S/C21H18ClN3OS/c1-2-14-6-8-17(9-7-14)23-20(26)11-18-13-27-21-24-19(12-25(18)21)15-4-3-5-16(22)10-15/h3-10,12-13H,2,11H2,1H3,(H,23,26). The number of fused-ring (bicyclic) bond motifs is 1. The van der Waals surface area contributed by atoms with Crippen LogP contribution in [-0.4, -0.2) is 15.3 Å². The van der Waals surface area contributed by atoms with Gasteiger partial charge in [-0.1, -0.05) is 42.8 Å². The number of hydrogen-bond donors (Lipinski definition) is 1. The van der Waals surface area contributed by atoms with Gasteiger partial charge < -0.3 is 5.32 Å². The highest BCUT2D eigenvalue weighted by atomic mass is 35.5. The number of imidazole rings is 1. The minimum Gasteiger partial charge on any atom is -0.326 e. The molecule has 6 heteroatoms. The zero-order valence-electron chi connectivity index (χ0n) is 14.8. The summed E-state index contributed by atoms with van der Waals surface area (Å²) in [5, 5.41) is 5.61. The van der Waals surface area contributed by atoms with Crippen LogP contribution in [-0.2, 0) is 17.6 Å². The minimum absolute atomic E-state index is 0.0445. The van der Waals surface area contributed by atoms with E-state index in [0.29, 0.717) is 11.4 Å². The molecule has 1 amide bonds. The molecular weight excluding hydrogens is 378 g/mol. The summed E-state index contributed by atoms with van der Waals surface area (Å²) in [7, 11) is 0. The van der Waals surface area contributed by atoms with E-state index in [1.165, 1.54) is 16.9 Å². The lowest BCUT2D eigenvalue weighted by Gasteiger charge is -2.05. The molecule has 0 bridgehead atoms. The molecule has 4 rings (SSSR count). The third-order valence-electron chi connectivity index (χ3n) is 4.39. The number of rotatable bonds is 5. The highest BCUT2D eigenvalue weighted by molar-refractivity contribution is 7.15. The van der Waals surface area contributed by atoms with Gasteiger partial charge in [-0.15, -0.1) is 11.3 Å². The molecule has 0 aliphatic carbocycles. The van der Waals surface area contributed by atoms with E-state index >= 15 is 0 Å². The summed E-state index contributed by atoms with van der Waals surface area (Å²) in [6.45, 7) is 2.11. The molecule has 0 fully saturated rings. The Morgan fingerprint density at radius 1 is 1.22 bits per heavy atom. The third-order valence-corrected chi connectivity index (χ3v) is 5.52. The third kappa shape index (κ3) is 3.89. The van der Waals surface area contributed by atoms with Gasteiger partial charge in [-0.3, -0.25) is 9.20 Å². The van der Waals surface area contributed by atoms with Crippen LogP contribution in [0.4, 0.5) is 5.69 Å². The Balaban J connectivity index is 1.52. The molecule has 1 N–H and O–H groups in total. The van der Waals surface area contributed by atoms with Gasteiger partial charge in [-0.25, -0.2) is 4.98 Å². The van der Waals surface area contributed by atoms with Crippen molar-refractivity contribution < 1.29 is 4.79 Å². The molecule has 4 aromatic rings. The lowest BCUT2D eigenvalue weighted by atomic mass is 10.1. The van der Waals surface area contributed by atoms with E-state index in [9.17, 15) is 4.79 Å². The first-order chi connectivity index (χ1) is 13.1. The monoisotopic (exact) mass is 395 g/mol. The Kier molecular flexibility index (Phi) is 4.97. The van der Waals surface area contributed by atoms with Crippen LogP contribution >= 0.6 is 22.9 Å². The quantitative estimate of drug-likeness (QED) is 0.487. The molecule has 136 valence electrons. The molecule has 0 aliphatic heterocycles. The van der Waals surface area contributed by atoms with Crippen LogP contribution in [0.15, 0.2) is 60.1 Å². The molecule has 2 aromatic carbocycles. The Labute approximate surface area is 166 Å². The fourth-order valence-electron chi connectivity index (χ4n) is 2.94. The number of halogens is 1. The highest BCUT2D eigenvalue weighted by Crippen LogP contribution is 2.26. The summed E-state index contributed by atoms with van der Waals surface area (Å²) in [5.41, 5.74) is 4.79. The number of aryl methyl sites for hydroxylation is 1. The average Bonchev–Trinajstić information content (AvgIpc) is 3.24. The molecule has 2 aromatic heterocycles. The Hall–Kier alpha value is -2.63. The number of anilines is 1.